The van der Waals surface area contributed by atoms with Crippen LogP contribution in [0.5, 0.6) is 0 Å². The summed E-state index contributed by atoms with van der Waals surface area (Å²) in [5.74, 6) is 0. The zero-order valence-electron chi connectivity index (χ0n) is 7.78. The van der Waals surface area contributed by atoms with Crippen LogP contribution in [-0.4, -0.2) is 11.4 Å². The van der Waals surface area contributed by atoms with E-state index in [1.54, 1.807) is 23.1 Å². The van der Waals surface area contributed by atoms with Crippen LogP contribution >= 0.6 is 23.1 Å². The number of fused-ring (bicyclic) bond motifs is 1. The number of aliphatic hydroxyl groups is 1. The van der Waals surface area contributed by atoms with E-state index in [1.807, 2.05) is 18.4 Å². The molecular formula is C10H11NOS2. The average Bonchev–Trinajstić information content (AvgIpc) is 2.63. The summed E-state index contributed by atoms with van der Waals surface area (Å²) in [6.07, 6.45) is 2.04. The van der Waals surface area contributed by atoms with Crippen molar-refractivity contribution in [1.29, 1.82) is 0 Å². The predicted molar refractivity (Wildman–Crippen MR) is 63.9 cm³/mol. The Morgan fingerprint density at radius 3 is 2.93 bits per heavy atom. The fraction of sp³-hybridized carbons (Fsp3) is 0.200. The molecule has 0 spiro atoms. The number of nitrogens with two attached hydrogens (primary N) is 1. The fourth-order valence-corrected chi connectivity index (χ4v) is 3.15. The van der Waals surface area contributed by atoms with Gasteiger partial charge in [-0.3, -0.25) is 0 Å². The second-order valence-corrected chi connectivity index (χ2v) is 5.14. The molecule has 0 aliphatic heterocycles. The summed E-state index contributed by atoms with van der Waals surface area (Å²) in [5, 5.41) is 10.2. The van der Waals surface area contributed by atoms with Crippen LogP contribution in [0.3, 0.4) is 0 Å². The lowest BCUT2D eigenvalue weighted by Gasteiger charge is -2.00. The minimum absolute atomic E-state index is 0.0745. The van der Waals surface area contributed by atoms with Gasteiger partial charge < -0.3 is 10.8 Å². The molecule has 1 aromatic carbocycles. The van der Waals surface area contributed by atoms with Crippen molar-refractivity contribution in [3.63, 3.8) is 0 Å². The van der Waals surface area contributed by atoms with Gasteiger partial charge in [0.05, 0.1) is 10.8 Å². The number of thiophene rings is 1. The van der Waals surface area contributed by atoms with E-state index in [0.717, 1.165) is 21.3 Å². The van der Waals surface area contributed by atoms with Crippen molar-refractivity contribution in [2.24, 2.45) is 0 Å². The SMILES string of the molecule is CSc1cc2c(N)ccc(CO)c2s1. The topological polar surface area (TPSA) is 46.2 Å². The third kappa shape index (κ3) is 1.49. The summed E-state index contributed by atoms with van der Waals surface area (Å²) in [6.45, 7) is 0.0745. The third-order valence-corrected chi connectivity index (χ3v) is 4.42. The van der Waals surface area contributed by atoms with Crippen LogP contribution in [0.2, 0.25) is 0 Å². The maximum absolute atomic E-state index is 9.17. The predicted octanol–water partition coefficient (Wildman–Crippen LogP) is 2.70. The van der Waals surface area contributed by atoms with Crippen molar-refractivity contribution in [2.45, 2.75) is 10.8 Å². The molecule has 0 saturated heterocycles. The molecule has 0 saturated carbocycles. The van der Waals surface area contributed by atoms with Crippen LogP contribution in [0.4, 0.5) is 5.69 Å². The third-order valence-electron chi connectivity index (χ3n) is 2.15. The monoisotopic (exact) mass is 225 g/mol. The van der Waals surface area contributed by atoms with Gasteiger partial charge in [0.25, 0.3) is 0 Å². The zero-order valence-corrected chi connectivity index (χ0v) is 9.41. The van der Waals surface area contributed by atoms with Gasteiger partial charge in [-0.15, -0.1) is 23.1 Å². The smallest absolute Gasteiger partial charge is 0.0695 e. The minimum Gasteiger partial charge on any atom is -0.398 e. The van der Waals surface area contributed by atoms with Gasteiger partial charge in [0.15, 0.2) is 0 Å². The second-order valence-electron chi connectivity index (χ2n) is 2.98. The molecule has 0 amide bonds. The Morgan fingerprint density at radius 1 is 1.50 bits per heavy atom. The van der Waals surface area contributed by atoms with Crippen molar-refractivity contribution in [3.05, 3.63) is 23.8 Å². The molecule has 0 unspecified atom stereocenters. The van der Waals surface area contributed by atoms with Gasteiger partial charge in [-0.05, 0) is 24.0 Å². The molecule has 74 valence electrons. The van der Waals surface area contributed by atoms with Crippen molar-refractivity contribution < 1.29 is 5.11 Å². The summed E-state index contributed by atoms with van der Waals surface area (Å²) in [7, 11) is 0. The molecule has 0 bridgehead atoms. The van der Waals surface area contributed by atoms with Gasteiger partial charge in [-0.2, -0.15) is 0 Å². The molecule has 2 aromatic rings. The number of hydrogen-bond donors (Lipinski definition) is 2. The van der Waals surface area contributed by atoms with E-state index < -0.39 is 0 Å². The number of hydrogen-bond acceptors (Lipinski definition) is 4. The molecule has 3 N–H and O–H groups in total. The van der Waals surface area contributed by atoms with Crippen LogP contribution in [0.25, 0.3) is 10.1 Å². The van der Waals surface area contributed by atoms with E-state index >= 15 is 0 Å². The first-order chi connectivity index (χ1) is 6.76. The number of nitrogen functional groups attached to an aromatic ring is 1. The highest BCUT2D eigenvalue weighted by Crippen LogP contribution is 2.36. The summed E-state index contributed by atoms with van der Waals surface area (Å²) in [4.78, 5) is 0. The van der Waals surface area contributed by atoms with E-state index in [9.17, 15) is 0 Å². The summed E-state index contributed by atoms with van der Waals surface area (Å²) >= 11 is 3.39. The molecule has 1 heterocycles. The molecule has 0 aliphatic rings. The highest BCUT2D eigenvalue weighted by atomic mass is 32.2. The molecule has 1 aromatic heterocycles. The largest absolute Gasteiger partial charge is 0.398 e. The standard InChI is InChI=1S/C10H11NOS2/c1-13-9-4-7-8(11)3-2-6(5-12)10(7)14-9/h2-4,12H,5,11H2,1H3. The Kier molecular flexibility index (Phi) is 2.67. The van der Waals surface area contributed by atoms with Gasteiger partial charge in [-0.1, -0.05) is 6.07 Å². The molecule has 0 atom stereocenters. The molecule has 0 radical (unpaired) electrons. The molecule has 14 heavy (non-hydrogen) atoms. The maximum Gasteiger partial charge on any atom is 0.0695 e. The Balaban J connectivity index is 2.74. The summed E-state index contributed by atoms with van der Waals surface area (Å²) in [6, 6.07) is 5.82. The number of rotatable bonds is 2. The Hall–Kier alpha value is -0.710. The van der Waals surface area contributed by atoms with E-state index in [2.05, 4.69) is 6.07 Å². The first-order valence-electron chi connectivity index (χ1n) is 4.22. The Labute approximate surface area is 90.7 Å². The molecule has 0 fully saturated rings. The van der Waals surface area contributed by atoms with Gasteiger partial charge in [-0.25, -0.2) is 0 Å². The first kappa shape index (κ1) is 9.83. The van der Waals surface area contributed by atoms with Crippen LogP contribution in [-0.2, 0) is 6.61 Å². The highest BCUT2D eigenvalue weighted by molar-refractivity contribution is 8.00. The number of aliphatic hydroxyl groups excluding tert-OH is 1. The lowest BCUT2D eigenvalue weighted by Crippen LogP contribution is -1.88. The van der Waals surface area contributed by atoms with E-state index in [1.165, 1.54) is 4.21 Å². The normalized spacial score (nSPS) is 11.0. The molecule has 2 nitrogen and oxygen atoms in total. The molecule has 4 heteroatoms. The van der Waals surface area contributed by atoms with Crippen LogP contribution in [0.1, 0.15) is 5.56 Å². The average molecular weight is 225 g/mol. The second kappa shape index (κ2) is 3.81. The summed E-state index contributed by atoms with van der Waals surface area (Å²) < 4.78 is 2.34. The number of anilines is 1. The summed E-state index contributed by atoms with van der Waals surface area (Å²) in [5.41, 5.74) is 7.61. The van der Waals surface area contributed by atoms with E-state index in [-0.39, 0.29) is 6.61 Å². The van der Waals surface area contributed by atoms with Crippen molar-refractivity contribution in [2.75, 3.05) is 12.0 Å². The molecule has 0 aliphatic carbocycles. The first-order valence-corrected chi connectivity index (χ1v) is 6.26. The van der Waals surface area contributed by atoms with Crippen molar-refractivity contribution in [3.8, 4) is 0 Å². The number of benzene rings is 1. The van der Waals surface area contributed by atoms with E-state index in [0.29, 0.717) is 0 Å². The van der Waals surface area contributed by atoms with Crippen LogP contribution < -0.4 is 5.73 Å². The zero-order chi connectivity index (χ0) is 10.1. The van der Waals surface area contributed by atoms with Gasteiger partial charge in [0.2, 0.25) is 0 Å². The quantitative estimate of drug-likeness (QED) is 0.610. The molecule has 2 rings (SSSR count). The van der Waals surface area contributed by atoms with Gasteiger partial charge in [0, 0.05) is 15.8 Å². The van der Waals surface area contributed by atoms with Gasteiger partial charge >= 0.3 is 0 Å². The highest BCUT2D eigenvalue weighted by Gasteiger charge is 2.07. The van der Waals surface area contributed by atoms with Gasteiger partial charge in [0.1, 0.15) is 0 Å². The van der Waals surface area contributed by atoms with E-state index in [4.69, 9.17) is 10.8 Å². The lowest BCUT2D eigenvalue weighted by molar-refractivity contribution is 0.283. The fourth-order valence-electron chi connectivity index (χ4n) is 1.40. The number of thioether (sulfide) groups is 1. The maximum atomic E-state index is 9.17. The van der Waals surface area contributed by atoms with Crippen LogP contribution in [0, 0.1) is 0 Å². The minimum atomic E-state index is 0.0745. The lowest BCUT2D eigenvalue weighted by atomic mass is 10.1. The Morgan fingerprint density at radius 2 is 2.29 bits per heavy atom. The van der Waals surface area contributed by atoms with Crippen molar-refractivity contribution >= 4 is 38.9 Å². The van der Waals surface area contributed by atoms with Crippen molar-refractivity contribution in [1.82, 2.24) is 0 Å². The Bertz CT molecular complexity index is 464. The molecular weight excluding hydrogens is 214 g/mol. The van der Waals surface area contributed by atoms with Crippen LogP contribution in [0.15, 0.2) is 22.4 Å².